The lowest BCUT2D eigenvalue weighted by Crippen LogP contribution is -2.41. The number of urea groups is 1. The number of primary amides is 1. The van der Waals surface area contributed by atoms with E-state index in [0.717, 1.165) is 17.5 Å². The quantitative estimate of drug-likeness (QED) is 0.470. The largest absolute Gasteiger partial charge is 0.352 e. The molecule has 3 amide bonds. The molecule has 0 fully saturated rings. The van der Waals surface area contributed by atoms with Crippen LogP contribution in [0.3, 0.4) is 0 Å². The average Bonchev–Trinajstić information content (AvgIpc) is 2.50. The van der Waals surface area contributed by atoms with Gasteiger partial charge in [0.25, 0.3) is 0 Å². The number of rotatable bonds is 8. The van der Waals surface area contributed by atoms with Gasteiger partial charge in [-0.2, -0.15) is 0 Å². The first kappa shape index (κ1) is 21.2. The molecular formula is C15H26ClN5O2. The van der Waals surface area contributed by atoms with Crippen molar-refractivity contribution in [2.24, 2.45) is 17.2 Å². The standard InChI is InChI=1S/C15H25N5O2.ClH/c1-10(20-14(21)13(17)3-2-8-16)12-6-4-11(5-7-12)9-19-15(18)22;/h4-7,10,13H,2-3,8-9,16-17H2,1H3,(H,20,21)(H3,18,19,22);1H/t10?,13-;/m0./s1. The summed E-state index contributed by atoms with van der Waals surface area (Å²) in [6.45, 7) is 2.79. The molecule has 8 N–H and O–H groups in total. The van der Waals surface area contributed by atoms with Crippen LogP contribution in [0.5, 0.6) is 0 Å². The van der Waals surface area contributed by atoms with Crippen LogP contribution in [0, 0.1) is 0 Å². The summed E-state index contributed by atoms with van der Waals surface area (Å²) in [6.07, 6.45) is 1.30. The fraction of sp³-hybridized carbons (Fsp3) is 0.467. The van der Waals surface area contributed by atoms with Crippen molar-refractivity contribution in [3.63, 3.8) is 0 Å². The summed E-state index contributed by atoms with van der Waals surface area (Å²) >= 11 is 0. The minimum absolute atomic E-state index is 0. The van der Waals surface area contributed by atoms with E-state index < -0.39 is 12.1 Å². The Bertz CT molecular complexity index is 495. The van der Waals surface area contributed by atoms with Gasteiger partial charge >= 0.3 is 6.03 Å². The van der Waals surface area contributed by atoms with Crippen LogP contribution < -0.4 is 27.8 Å². The van der Waals surface area contributed by atoms with E-state index in [1.54, 1.807) is 0 Å². The Morgan fingerprint density at radius 3 is 2.35 bits per heavy atom. The van der Waals surface area contributed by atoms with Crippen LogP contribution in [0.4, 0.5) is 4.79 Å². The zero-order chi connectivity index (χ0) is 16.5. The van der Waals surface area contributed by atoms with Gasteiger partial charge in [0.2, 0.25) is 5.91 Å². The van der Waals surface area contributed by atoms with E-state index in [1.165, 1.54) is 0 Å². The fourth-order valence-electron chi connectivity index (χ4n) is 1.99. The van der Waals surface area contributed by atoms with Crippen molar-refractivity contribution in [1.82, 2.24) is 10.6 Å². The normalized spacial score (nSPS) is 12.7. The van der Waals surface area contributed by atoms with Gasteiger partial charge in [-0.05, 0) is 37.4 Å². The molecule has 1 aromatic rings. The van der Waals surface area contributed by atoms with Crippen LogP contribution in [-0.2, 0) is 11.3 Å². The molecule has 0 aromatic heterocycles. The van der Waals surface area contributed by atoms with Crippen LogP contribution in [0.15, 0.2) is 24.3 Å². The van der Waals surface area contributed by atoms with Gasteiger partial charge < -0.3 is 27.8 Å². The molecule has 0 aliphatic rings. The Morgan fingerprint density at radius 2 is 1.83 bits per heavy atom. The van der Waals surface area contributed by atoms with Gasteiger partial charge in [-0.15, -0.1) is 12.4 Å². The molecule has 0 saturated heterocycles. The number of hydrogen-bond acceptors (Lipinski definition) is 4. The molecule has 0 bridgehead atoms. The monoisotopic (exact) mass is 343 g/mol. The van der Waals surface area contributed by atoms with Crippen LogP contribution >= 0.6 is 12.4 Å². The van der Waals surface area contributed by atoms with Crippen LogP contribution in [-0.4, -0.2) is 24.5 Å². The second kappa shape index (κ2) is 10.8. The molecule has 0 heterocycles. The van der Waals surface area contributed by atoms with Crippen LogP contribution in [0.25, 0.3) is 0 Å². The summed E-state index contributed by atoms with van der Waals surface area (Å²) in [7, 11) is 0. The maximum atomic E-state index is 11.9. The van der Waals surface area contributed by atoms with Crippen molar-refractivity contribution in [2.45, 2.75) is 38.4 Å². The molecule has 130 valence electrons. The SMILES string of the molecule is CC(NC(=O)[C@@H](N)CCCN)c1ccc(CNC(N)=O)cc1.Cl. The number of carbonyl (C=O) groups excluding carboxylic acids is 2. The molecule has 1 unspecified atom stereocenters. The minimum Gasteiger partial charge on any atom is -0.352 e. The summed E-state index contributed by atoms with van der Waals surface area (Å²) in [6, 6.07) is 6.31. The predicted molar refractivity (Wildman–Crippen MR) is 92.9 cm³/mol. The van der Waals surface area contributed by atoms with E-state index in [4.69, 9.17) is 17.2 Å². The molecule has 8 heteroatoms. The lowest BCUT2D eigenvalue weighted by Gasteiger charge is -2.18. The number of halogens is 1. The van der Waals surface area contributed by atoms with Crippen molar-refractivity contribution in [2.75, 3.05) is 6.54 Å². The average molecular weight is 344 g/mol. The maximum absolute atomic E-state index is 11.9. The predicted octanol–water partition coefficient (Wildman–Crippen LogP) is 0.520. The van der Waals surface area contributed by atoms with Crippen molar-refractivity contribution in [3.05, 3.63) is 35.4 Å². The number of amides is 3. The fourth-order valence-corrected chi connectivity index (χ4v) is 1.99. The summed E-state index contributed by atoms with van der Waals surface area (Å²) in [5.41, 5.74) is 18.1. The molecule has 1 aromatic carbocycles. The van der Waals surface area contributed by atoms with Gasteiger partial charge in [-0.3, -0.25) is 4.79 Å². The van der Waals surface area contributed by atoms with E-state index in [1.807, 2.05) is 31.2 Å². The first-order valence-corrected chi connectivity index (χ1v) is 7.32. The third-order valence-corrected chi connectivity index (χ3v) is 3.36. The first-order chi connectivity index (χ1) is 10.4. The number of nitrogens with two attached hydrogens (primary N) is 3. The molecule has 0 aliphatic heterocycles. The lowest BCUT2D eigenvalue weighted by atomic mass is 10.0. The Balaban J connectivity index is 0.00000484. The number of hydrogen-bond donors (Lipinski definition) is 5. The topological polar surface area (TPSA) is 136 Å². The van der Waals surface area contributed by atoms with Crippen molar-refractivity contribution < 1.29 is 9.59 Å². The smallest absolute Gasteiger partial charge is 0.312 e. The molecular weight excluding hydrogens is 318 g/mol. The molecule has 0 spiro atoms. The van der Waals surface area contributed by atoms with Crippen molar-refractivity contribution in [3.8, 4) is 0 Å². The highest BCUT2D eigenvalue weighted by atomic mass is 35.5. The Kier molecular flexibility index (Phi) is 9.96. The molecule has 2 atom stereocenters. The van der Waals surface area contributed by atoms with Crippen molar-refractivity contribution in [1.29, 1.82) is 0 Å². The Morgan fingerprint density at radius 1 is 1.22 bits per heavy atom. The Hall–Kier alpha value is -1.83. The number of nitrogens with one attached hydrogen (secondary N) is 2. The third-order valence-electron chi connectivity index (χ3n) is 3.36. The molecule has 0 saturated carbocycles. The summed E-state index contributed by atoms with van der Waals surface area (Å²) < 4.78 is 0. The molecule has 0 radical (unpaired) electrons. The zero-order valence-corrected chi connectivity index (χ0v) is 14.1. The van der Waals surface area contributed by atoms with E-state index in [9.17, 15) is 9.59 Å². The van der Waals surface area contributed by atoms with Gasteiger partial charge in [-0.25, -0.2) is 4.79 Å². The molecule has 7 nitrogen and oxygen atoms in total. The number of benzene rings is 1. The number of carbonyl (C=O) groups is 2. The van der Waals surface area contributed by atoms with Crippen LogP contribution in [0.1, 0.15) is 36.9 Å². The highest BCUT2D eigenvalue weighted by Gasteiger charge is 2.16. The molecule has 23 heavy (non-hydrogen) atoms. The van der Waals surface area contributed by atoms with Gasteiger partial charge in [0.1, 0.15) is 0 Å². The van der Waals surface area contributed by atoms with E-state index in [0.29, 0.717) is 19.5 Å². The van der Waals surface area contributed by atoms with Gasteiger partial charge in [-0.1, -0.05) is 24.3 Å². The van der Waals surface area contributed by atoms with E-state index in [-0.39, 0.29) is 24.4 Å². The summed E-state index contributed by atoms with van der Waals surface area (Å²) in [4.78, 5) is 22.6. The van der Waals surface area contributed by atoms with Crippen LogP contribution in [0.2, 0.25) is 0 Å². The maximum Gasteiger partial charge on any atom is 0.312 e. The third kappa shape index (κ3) is 7.83. The first-order valence-electron chi connectivity index (χ1n) is 7.32. The second-order valence-corrected chi connectivity index (χ2v) is 5.23. The van der Waals surface area contributed by atoms with E-state index in [2.05, 4.69) is 10.6 Å². The van der Waals surface area contributed by atoms with Crippen molar-refractivity contribution >= 4 is 24.3 Å². The Labute approximate surface area is 142 Å². The second-order valence-electron chi connectivity index (χ2n) is 5.23. The lowest BCUT2D eigenvalue weighted by molar-refractivity contribution is -0.123. The molecule has 1 rings (SSSR count). The van der Waals surface area contributed by atoms with Gasteiger partial charge in [0, 0.05) is 6.54 Å². The highest BCUT2D eigenvalue weighted by Crippen LogP contribution is 2.13. The van der Waals surface area contributed by atoms with Gasteiger partial charge in [0.15, 0.2) is 0 Å². The zero-order valence-electron chi connectivity index (χ0n) is 13.2. The molecule has 0 aliphatic carbocycles. The van der Waals surface area contributed by atoms with E-state index >= 15 is 0 Å². The van der Waals surface area contributed by atoms with Gasteiger partial charge in [0.05, 0.1) is 12.1 Å². The summed E-state index contributed by atoms with van der Waals surface area (Å²) in [5.74, 6) is -0.180. The summed E-state index contributed by atoms with van der Waals surface area (Å²) in [5, 5.41) is 5.40. The highest BCUT2D eigenvalue weighted by molar-refractivity contribution is 5.85. The minimum atomic E-state index is -0.559.